The number of hydrogen-bond acceptors (Lipinski definition) is 8. The fourth-order valence-corrected chi connectivity index (χ4v) is 3.80. The molecule has 3 aromatic rings. The van der Waals surface area contributed by atoms with E-state index in [1.54, 1.807) is 6.20 Å². The van der Waals surface area contributed by atoms with Crippen LogP contribution in [0.5, 0.6) is 5.75 Å². The number of alkyl halides is 2. The molecule has 0 amide bonds. The molecule has 0 saturated carbocycles. The van der Waals surface area contributed by atoms with Crippen molar-refractivity contribution < 1.29 is 18.3 Å². The number of hydrogen-bond donors (Lipinski definition) is 1. The van der Waals surface area contributed by atoms with Gasteiger partial charge in [-0.05, 0) is 24.6 Å². The summed E-state index contributed by atoms with van der Waals surface area (Å²) in [4.78, 5) is 19.8. The Labute approximate surface area is 170 Å². The van der Waals surface area contributed by atoms with Crippen LogP contribution >= 0.6 is 0 Å². The van der Waals surface area contributed by atoms with Crippen LogP contribution in [0.2, 0.25) is 0 Å². The maximum Gasteiger partial charge on any atom is 0.387 e. The molecule has 3 aromatic heterocycles. The monoisotopic (exact) mass is 412 g/mol. The third-order valence-corrected chi connectivity index (χ3v) is 5.19. The van der Waals surface area contributed by atoms with Crippen molar-refractivity contribution in [3.63, 3.8) is 0 Å². The molecule has 2 unspecified atom stereocenters. The molecule has 2 aliphatic heterocycles. The minimum Gasteiger partial charge on any atom is -0.431 e. The highest BCUT2D eigenvalue weighted by atomic mass is 19.3. The highest BCUT2D eigenvalue weighted by molar-refractivity contribution is 5.69. The summed E-state index contributed by atoms with van der Waals surface area (Å²) < 4.78 is 35.6. The Morgan fingerprint density at radius 2 is 2.07 bits per heavy atom. The zero-order chi connectivity index (χ0) is 20.7. The Kier molecular flexibility index (Phi) is 4.62. The van der Waals surface area contributed by atoms with Crippen molar-refractivity contribution in [2.24, 2.45) is 0 Å². The molecule has 30 heavy (non-hydrogen) atoms. The number of pyridine rings is 2. The van der Waals surface area contributed by atoms with Crippen LogP contribution in [0.4, 0.5) is 20.4 Å². The van der Waals surface area contributed by atoms with Crippen molar-refractivity contribution in [1.29, 1.82) is 0 Å². The van der Waals surface area contributed by atoms with Gasteiger partial charge in [0.05, 0.1) is 24.4 Å². The van der Waals surface area contributed by atoms with Gasteiger partial charge in [-0.1, -0.05) is 6.07 Å². The van der Waals surface area contributed by atoms with Gasteiger partial charge in [0.15, 0.2) is 17.4 Å². The van der Waals surface area contributed by atoms with Crippen LogP contribution in [0.1, 0.15) is 6.42 Å². The average Bonchev–Trinajstić information content (AvgIpc) is 3.39. The number of fused-ring (bicyclic) bond motifs is 2. The normalized spacial score (nSPS) is 20.2. The molecule has 2 fully saturated rings. The van der Waals surface area contributed by atoms with E-state index >= 15 is 0 Å². The smallest absolute Gasteiger partial charge is 0.387 e. The van der Waals surface area contributed by atoms with E-state index in [4.69, 9.17) is 15.5 Å². The summed E-state index contributed by atoms with van der Waals surface area (Å²) in [5.74, 6) is 0.840. The lowest BCUT2D eigenvalue weighted by Gasteiger charge is -2.28. The summed E-state index contributed by atoms with van der Waals surface area (Å²) in [6.07, 6.45) is 4.28. The predicted molar refractivity (Wildman–Crippen MR) is 105 cm³/mol. The van der Waals surface area contributed by atoms with E-state index in [9.17, 15) is 8.78 Å². The Morgan fingerprint density at radius 1 is 1.17 bits per heavy atom. The van der Waals surface area contributed by atoms with E-state index in [1.165, 1.54) is 12.3 Å². The molecule has 5 rings (SSSR count). The number of ether oxygens (including phenoxy) is 2. The first-order valence-corrected chi connectivity index (χ1v) is 9.46. The largest absolute Gasteiger partial charge is 0.431 e. The lowest BCUT2D eigenvalue weighted by molar-refractivity contribution is -0.0494. The SMILES string of the molecule is Nc1ncc(-c2cc(N3CC4CC3CO4)nc(-c3ccccn3)n2)cc1OC(F)F. The van der Waals surface area contributed by atoms with Crippen LogP contribution in [-0.2, 0) is 4.74 Å². The van der Waals surface area contributed by atoms with Crippen molar-refractivity contribution in [2.75, 3.05) is 23.8 Å². The molecule has 0 aromatic carbocycles. The molecule has 2 N–H and O–H groups in total. The first-order valence-electron chi connectivity index (χ1n) is 9.46. The van der Waals surface area contributed by atoms with E-state index < -0.39 is 6.61 Å². The van der Waals surface area contributed by atoms with Crippen LogP contribution in [0.25, 0.3) is 22.8 Å². The van der Waals surface area contributed by atoms with Crippen molar-refractivity contribution in [1.82, 2.24) is 19.9 Å². The summed E-state index contributed by atoms with van der Waals surface area (Å²) in [6, 6.07) is 8.94. The number of anilines is 2. The first kappa shape index (κ1) is 18.6. The molecule has 10 heteroatoms. The van der Waals surface area contributed by atoms with Crippen molar-refractivity contribution in [3.8, 4) is 28.5 Å². The summed E-state index contributed by atoms with van der Waals surface area (Å²) in [5, 5.41) is 0. The van der Waals surface area contributed by atoms with Crippen molar-refractivity contribution in [3.05, 3.63) is 42.7 Å². The molecule has 0 spiro atoms. The maximum atomic E-state index is 12.7. The van der Waals surface area contributed by atoms with Crippen LogP contribution in [0.3, 0.4) is 0 Å². The van der Waals surface area contributed by atoms with E-state index in [0.29, 0.717) is 29.4 Å². The van der Waals surface area contributed by atoms with Crippen molar-refractivity contribution in [2.45, 2.75) is 25.2 Å². The lowest BCUT2D eigenvalue weighted by Crippen LogP contribution is -2.37. The van der Waals surface area contributed by atoms with E-state index in [-0.39, 0.29) is 23.7 Å². The quantitative estimate of drug-likeness (QED) is 0.683. The molecule has 5 heterocycles. The lowest BCUT2D eigenvalue weighted by atomic mass is 10.1. The van der Waals surface area contributed by atoms with Gasteiger partial charge in [0.1, 0.15) is 11.5 Å². The number of nitrogens with two attached hydrogens (primary N) is 1. The van der Waals surface area contributed by atoms with Gasteiger partial charge in [-0.25, -0.2) is 15.0 Å². The zero-order valence-corrected chi connectivity index (χ0v) is 15.8. The third-order valence-electron chi connectivity index (χ3n) is 5.19. The minimum atomic E-state index is -3.01. The number of nitrogen functional groups attached to an aromatic ring is 1. The van der Waals surface area contributed by atoms with Gasteiger partial charge in [-0.2, -0.15) is 8.78 Å². The highest BCUT2D eigenvalue weighted by Gasteiger charge is 2.40. The molecule has 2 aliphatic rings. The Bertz CT molecular complexity index is 1070. The van der Waals surface area contributed by atoms with Crippen molar-refractivity contribution >= 4 is 11.6 Å². The minimum absolute atomic E-state index is 0.118. The average molecular weight is 412 g/mol. The number of halogens is 2. The summed E-state index contributed by atoms with van der Waals surface area (Å²) in [5.41, 5.74) is 7.28. The van der Waals surface area contributed by atoms with Crippen LogP contribution in [-0.4, -0.2) is 51.8 Å². The Balaban J connectivity index is 1.60. The second-order valence-electron chi connectivity index (χ2n) is 7.13. The molecule has 2 atom stereocenters. The molecule has 0 aliphatic carbocycles. The second kappa shape index (κ2) is 7.45. The van der Waals surface area contributed by atoms with Crippen LogP contribution in [0.15, 0.2) is 42.7 Å². The number of rotatable bonds is 5. The van der Waals surface area contributed by atoms with Gasteiger partial charge in [-0.15, -0.1) is 0 Å². The molecule has 2 saturated heterocycles. The molecular weight excluding hydrogens is 394 g/mol. The van der Waals surface area contributed by atoms with Gasteiger partial charge in [0.2, 0.25) is 0 Å². The van der Waals surface area contributed by atoms with Gasteiger partial charge < -0.3 is 20.1 Å². The molecule has 0 radical (unpaired) electrons. The second-order valence-corrected chi connectivity index (χ2v) is 7.13. The molecular formula is C20H18F2N6O2. The van der Waals surface area contributed by atoms with E-state index in [0.717, 1.165) is 18.8 Å². The van der Waals surface area contributed by atoms with Gasteiger partial charge in [0, 0.05) is 30.6 Å². The predicted octanol–water partition coefficient (Wildman–Crippen LogP) is 2.76. The fourth-order valence-electron chi connectivity index (χ4n) is 3.80. The van der Waals surface area contributed by atoms with Crippen LogP contribution < -0.4 is 15.4 Å². The maximum absolute atomic E-state index is 12.7. The summed E-state index contributed by atoms with van der Waals surface area (Å²) >= 11 is 0. The fraction of sp³-hybridized carbons (Fsp3) is 0.300. The topological polar surface area (TPSA) is 99.3 Å². The first-order chi connectivity index (χ1) is 14.6. The van der Waals surface area contributed by atoms with Gasteiger partial charge >= 0.3 is 6.61 Å². The van der Waals surface area contributed by atoms with E-state index in [2.05, 4.69) is 24.6 Å². The van der Waals surface area contributed by atoms with Gasteiger partial charge in [0.25, 0.3) is 0 Å². The highest BCUT2D eigenvalue weighted by Crippen LogP contribution is 2.35. The summed E-state index contributed by atoms with van der Waals surface area (Å²) in [6.45, 7) is -1.61. The number of aromatic nitrogens is 4. The number of nitrogens with zero attached hydrogens (tertiary/aromatic N) is 5. The van der Waals surface area contributed by atoms with Crippen LogP contribution in [0, 0.1) is 0 Å². The number of morpholine rings is 1. The zero-order valence-electron chi connectivity index (χ0n) is 15.8. The molecule has 154 valence electrons. The summed E-state index contributed by atoms with van der Waals surface area (Å²) in [7, 11) is 0. The molecule has 2 bridgehead atoms. The standard InChI is InChI=1S/C20H18F2N6O2/c21-20(22)30-16-5-11(8-25-18(16)23)15-7-17(28-9-13-6-12(28)10-29-13)27-19(26-15)14-3-1-2-4-24-14/h1-5,7-8,12-13,20H,6,9-10H2,(H2,23,25). The van der Waals surface area contributed by atoms with Gasteiger partial charge in [-0.3, -0.25) is 4.98 Å². The van der Waals surface area contributed by atoms with E-state index in [1.807, 2.05) is 24.3 Å². The third kappa shape index (κ3) is 3.50. The Morgan fingerprint density at radius 3 is 2.77 bits per heavy atom. The molecule has 8 nitrogen and oxygen atoms in total. The Hall–Kier alpha value is -3.40.